The second-order valence-electron chi connectivity index (χ2n) is 14.7. The van der Waals surface area contributed by atoms with Gasteiger partial charge >= 0.3 is 0 Å². The summed E-state index contributed by atoms with van der Waals surface area (Å²) in [5.41, 5.74) is 6.56. The van der Waals surface area contributed by atoms with Gasteiger partial charge in [-0.1, -0.05) is 164 Å². The van der Waals surface area contributed by atoms with Crippen molar-refractivity contribution in [2.75, 3.05) is 0 Å². The van der Waals surface area contributed by atoms with Gasteiger partial charge in [0.2, 0.25) is 0 Å². The monoisotopic (exact) mass is 725 g/mol. The van der Waals surface area contributed by atoms with E-state index in [-0.39, 0.29) is 0 Å². The van der Waals surface area contributed by atoms with Crippen LogP contribution >= 0.6 is 0 Å². The zero-order valence-electron chi connectivity index (χ0n) is 30.6. The van der Waals surface area contributed by atoms with E-state index in [2.05, 4.69) is 152 Å². The van der Waals surface area contributed by atoms with E-state index in [9.17, 15) is 0 Å². The highest BCUT2D eigenvalue weighted by molar-refractivity contribution is 6.27. The van der Waals surface area contributed by atoms with Gasteiger partial charge < -0.3 is 4.42 Å². The first-order valence-corrected chi connectivity index (χ1v) is 19.3. The number of nitrogens with zero attached hydrogens (tertiary/aromatic N) is 3. The van der Waals surface area contributed by atoms with E-state index in [1.54, 1.807) is 0 Å². The minimum Gasteiger partial charge on any atom is -0.455 e. The molecule has 0 unspecified atom stereocenters. The van der Waals surface area contributed by atoms with Crippen molar-refractivity contribution in [2.24, 2.45) is 0 Å². The number of rotatable bonds is 4. The molecule has 12 aromatic rings. The summed E-state index contributed by atoms with van der Waals surface area (Å²) in [6, 6.07) is 66.3. The Morgan fingerprint density at radius 1 is 0.316 bits per heavy atom. The van der Waals surface area contributed by atoms with Crippen LogP contribution in [0.5, 0.6) is 0 Å². The predicted molar refractivity (Wildman–Crippen MR) is 236 cm³/mol. The Balaban J connectivity index is 1.13. The minimum atomic E-state index is 0.596. The SMILES string of the molecule is c1ccc(-c2nc(-c3ccc4ccccc4c3)nc(-c3cccc4oc5c(-c6ccc7c8ccccc8c8ccccc8c7c6)c6ccccc6cc5c34)n2)cc1. The molecule has 0 aliphatic heterocycles. The number of furan rings is 1. The lowest BCUT2D eigenvalue weighted by Gasteiger charge is -2.13. The van der Waals surface area contributed by atoms with E-state index in [0.29, 0.717) is 17.5 Å². The molecule has 12 rings (SSSR count). The van der Waals surface area contributed by atoms with Crippen molar-refractivity contribution in [3.63, 3.8) is 0 Å². The molecule has 4 heteroatoms. The van der Waals surface area contributed by atoms with Crippen molar-refractivity contribution in [2.45, 2.75) is 0 Å². The van der Waals surface area contributed by atoms with Crippen LogP contribution in [0, 0.1) is 0 Å². The maximum Gasteiger partial charge on any atom is 0.164 e. The first-order valence-electron chi connectivity index (χ1n) is 19.3. The molecule has 0 spiro atoms. The molecule has 0 atom stereocenters. The van der Waals surface area contributed by atoms with Crippen LogP contribution < -0.4 is 0 Å². The van der Waals surface area contributed by atoms with Crippen molar-refractivity contribution < 1.29 is 4.42 Å². The Hall–Kier alpha value is -7.69. The second kappa shape index (κ2) is 12.4. The first-order chi connectivity index (χ1) is 28.2. The molecule has 0 bridgehead atoms. The van der Waals surface area contributed by atoms with E-state index < -0.39 is 0 Å². The molecule has 57 heavy (non-hydrogen) atoms. The lowest BCUT2D eigenvalue weighted by molar-refractivity contribution is 0.670. The summed E-state index contributed by atoms with van der Waals surface area (Å²) < 4.78 is 6.98. The van der Waals surface area contributed by atoms with E-state index in [1.165, 1.54) is 37.7 Å². The Kier molecular flexibility index (Phi) is 6.89. The van der Waals surface area contributed by atoms with Gasteiger partial charge in [0.25, 0.3) is 0 Å². The van der Waals surface area contributed by atoms with Gasteiger partial charge in [-0.05, 0) is 83.7 Å². The zero-order valence-corrected chi connectivity index (χ0v) is 30.6. The zero-order chi connectivity index (χ0) is 37.5. The Morgan fingerprint density at radius 3 is 1.65 bits per heavy atom. The molecule has 2 aromatic heterocycles. The largest absolute Gasteiger partial charge is 0.455 e. The fourth-order valence-electron chi connectivity index (χ4n) is 8.83. The number of aromatic nitrogens is 3. The molecule has 0 amide bonds. The molecular weight excluding hydrogens is 695 g/mol. The maximum atomic E-state index is 6.98. The standard InChI is InChI=1S/C53H31N3O/c1-2-14-33(15-3-1)51-54-52(37-26-25-32-13-4-5-16-34(32)29-37)56-53(55-51)44-23-12-24-47-49(44)46-30-35-17-6-7-18-38(35)48(50(46)57-47)36-27-28-43-41-21-9-8-19-39(41)40-20-10-11-22-42(40)45(43)31-36/h1-31H. The van der Waals surface area contributed by atoms with E-state index in [4.69, 9.17) is 19.4 Å². The average Bonchev–Trinajstić information content (AvgIpc) is 3.66. The lowest BCUT2D eigenvalue weighted by Crippen LogP contribution is -2.00. The molecule has 10 aromatic carbocycles. The normalized spacial score (nSPS) is 11.9. The second-order valence-corrected chi connectivity index (χ2v) is 14.7. The van der Waals surface area contributed by atoms with Crippen LogP contribution in [0.25, 0.3) is 121 Å². The molecule has 0 aliphatic rings. The minimum absolute atomic E-state index is 0.596. The highest BCUT2D eigenvalue weighted by Crippen LogP contribution is 2.45. The van der Waals surface area contributed by atoms with Gasteiger partial charge in [-0.3, -0.25) is 0 Å². The Bertz CT molecular complexity index is 3550. The van der Waals surface area contributed by atoms with Crippen molar-refractivity contribution in [1.29, 1.82) is 0 Å². The molecule has 4 nitrogen and oxygen atoms in total. The van der Waals surface area contributed by atoms with E-state index >= 15 is 0 Å². The van der Waals surface area contributed by atoms with Crippen molar-refractivity contribution in [1.82, 2.24) is 15.0 Å². The van der Waals surface area contributed by atoms with Crippen molar-refractivity contribution in [3.8, 4) is 45.3 Å². The smallest absolute Gasteiger partial charge is 0.164 e. The van der Waals surface area contributed by atoms with Gasteiger partial charge in [0.15, 0.2) is 17.5 Å². The molecular formula is C53H31N3O. The third-order valence-electron chi connectivity index (χ3n) is 11.5. The van der Waals surface area contributed by atoms with Crippen LogP contribution in [0.1, 0.15) is 0 Å². The van der Waals surface area contributed by atoms with Gasteiger partial charge in [-0.2, -0.15) is 0 Å². The van der Waals surface area contributed by atoms with E-state index in [1.807, 2.05) is 36.4 Å². The Morgan fingerprint density at radius 2 is 0.895 bits per heavy atom. The maximum absolute atomic E-state index is 6.98. The van der Waals surface area contributed by atoms with Gasteiger partial charge in [0.1, 0.15) is 11.2 Å². The molecule has 0 fully saturated rings. The predicted octanol–water partition coefficient (Wildman–Crippen LogP) is 14.2. The van der Waals surface area contributed by atoms with E-state index in [0.717, 1.165) is 65.9 Å². The summed E-state index contributed by atoms with van der Waals surface area (Å²) >= 11 is 0. The first kappa shape index (κ1) is 31.6. The molecule has 0 aliphatic carbocycles. The summed E-state index contributed by atoms with van der Waals surface area (Å²) in [5, 5.41) is 14.1. The molecule has 0 radical (unpaired) electrons. The Labute approximate surface area is 327 Å². The third-order valence-corrected chi connectivity index (χ3v) is 11.5. The van der Waals surface area contributed by atoms with Crippen LogP contribution in [0.15, 0.2) is 192 Å². The molecule has 0 saturated carbocycles. The van der Waals surface area contributed by atoms with Gasteiger partial charge in [-0.15, -0.1) is 0 Å². The summed E-state index contributed by atoms with van der Waals surface area (Å²) in [6.07, 6.45) is 0. The lowest BCUT2D eigenvalue weighted by atomic mass is 9.90. The van der Waals surface area contributed by atoms with Gasteiger partial charge in [0.05, 0.1) is 0 Å². The summed E-state index contributed by atoms with van der Waals surface area (Å²) in [4.78, 5) is 15.4. The van der Waals surface area contributed by atoms with Crippen LogP contribution in [0.3, 0.4) is 0 Å². The van der Waals surface area contributed by atoms with Crippen LogP contribution in [-0.2, 0) is 0 Å². The number of fused-ring (bicyclic) bond motifs is 11. The molecule has 0 N–H and O–H groups in total. The molecule has 0 saturated heterocycles. The number of hydrogen-bond acceptors (Lipinski definition) is 4. The topological polar surface area (TPSA) is 51.8 Å². The average molecular weight is 726 g/mol. The molecule has 264 valence electrons. The summed E-state index contributed by atoms with van der Waals surface area (Å²) in [7, 11) is 0. The third kappa shape index (κ3) is 4.98. The summed E-state index contributed by atoms with van der Waals surface area (Å²) in [5.74, 6) is 1.84. The van der Waals surface area contributed by atoms with Gasteiger partial charge in [0, 0.05) is 33.0 Å². The van der Waals surface area contributed by atoms with Crippen molar-refractivity contribution >= 4 is 75.8 Å². The van der Waals surface area contributed by atoms with Gasteiger partial charge in [-0.25, -0.2) is 15.0 Å². The highest BCUT2D eigenvalue weighted by Gasteiger charge is 2.22. The highest BCUT2D eigenvalue weighted by atomic mass is 16.3. The molecule has 2 heterocycles. The van der Waals surface area contributed by atoms with Crippen LogP contribution in [-0.4, -0.2) is 15.0 Å². The van der Waals surface area contributed by atoms with Crippen LogP contribution in [0.2, 0.25) is 0 Å². The summed E-state index contributed by atoms with van der Waals surface area (Å²) in [6.45, 7) is 0. The number of benzene rings is 10. The fourth-order valence-corrected chi connectivity index (χ4v) is 8.83. The van der Waals surface area contributed by atoms with Crippen molar-refractivity contribution in [3.05, 3.63) is 188 Å². The number of hydrogen-bond donors (Lipinski definition) is 0. The fraction of sp³-hybridized carbons (Fsp3) is 0. The van der Waals surface area contributed by atoms with Crippen LogP contribution in [0.4, 0.5) is 0 Å². The quantitative estimate of drug-likeness (QED) is 0.170.